The smallest absolute Gasteiger partial charge is 0.170 e. The molecule has 1 aromatic carbocycles. The van der Waals surface area contributed by atoms with Gasteiger partial charge >= 0.3 is 0 Å². The highest BCUT2D eigenvalue weighted by Crippen LogP contribution is 2.28. The topological polar surface area (TPSA) is 103 Å². The van der Waals surface area contributed by atoms with Crippen LogP contribution in [-0.4, -0.2) is 86.4 Å². The Hall–Kier alpha value is -2.48. The van der Waals surface area contributed by atoms with Crippen LogP contribution >= 0.6 is 24.8 Å². The number of rotatable bonds is 8. The molecule has 3 heterocycles. The standard InChI is InChI=1S/C25H33N7O2.2ClH/c1-18-14-19(20-15-22-24(21(16-26)27-20)28-29-30(22)4)6-7-23(18)34-13-5-8-31-9-11-32(12-10-31)17-25(2,3)33;;/h6-7,14-15,33H,5,8-13,17H2,1-4H3;2*1H. The van der Waals surface area contributed by atoms with E-state index in [0.717, 1.165) is 68.1 Å². The molecule has 1 saturated heterocycles. The number of pyridine rings is 1. The second-order valence-electron chi connectivity index (χ2n) is 9.66. The molecule has 0 bridgehead atoms. The maximum absolute atomic E-state index is 10.00. The number of benzene rings is 1. The lowest BCUT2D eigenvalue weighted by Gasteiger charge is -2.37. The van der Waals surface area contributed by atoms with Gasteiger partial charge in [0.05, 0.1) is 23.4 Å². The van der Waals surface area contributed by atoms with Crippen molar-refractivity contribution in [2.45, 2.75) is 32.8 Å². The van der Waals surface area contributed by atoms with E-state index in [9.17, 15) is 10.4 Å². The molecule has 1 aliphatic heterocycles. The van der Waals surface area contributed by atoms with Gasteiger partial charge in [-0.25, -0.2) is 9.67 Å². The lowest BCUT2D eigenvalue weighted by Crippen LogP contribution is -2.50. The van der Waals surface area contributed by atoms with Crippen LogP contribution in [0.25, 0.3) is 22.3 Å². The molecule has 11 heteroatoms. The molecular formula is C25H35Cl2N7O2. The van der Waals surface area contributed by atoms with Gasteiger partial charge in [-0.1, -0.05) is 5.21 Å². The van der Waals surface area contributed by atoms with Gasteiger partial charge in [0, 0.05) is 51.9 Å². The summed E-state index contributed by atoms with van der Waals surface area (Å²) in [6, 6.07) is 10.0. The minimum Gasteiger partial charge on any atom is -0.493 e. The lowest BCUT2D eigenvalue weighted by atomic mass is 10.1. The molecule has 196 valence electrons. The molecular weight excluding hydrogens is 501 g/mol. The molecule has 1 aliphatic rings. The summed E-state index contributed by atoms with van der Waals surface area (Å²) in [4.78, 5) is 9.27. The summed E-state index contributed by atoms with van der Waals surface area (Å²) < 4.78 is 7.71. The number of aryl methyl sites for hydroxylation is 2. The van der Waals surface area contributed by atoms with Crippen molar-refractivity contribution >= 4 is 35.8 Å². The third kappa shape index (κ3) is 7.28. The fraction of sp³-hybridized carbons (Fsp3) is 0.520. The molecule has 0 saturated carbocycles. The highest BCUT2D eigenvalue weighted by atomic mass is 35.5. The summed E-state index contributed by atoms with van der Waals surface area (Å²) in [7, 11) is 1.80. The molecule has 3 aromatic rings. The van der Waals surface area contributed by atoms with Crippen LogP contribution in [0.3, 0.4) is 0 Å². The zero-order valence-corrected chi connectivity index (χ0v) is 22.9. The molecule has 1 fully saturated rings. The van der Waals surface area contributed by atoms with Gasteiger partial charge in [0.2, 0.25) is 0 Å². The van der Waals surface area contributed by atoms with E-state index < -0.39 is 5.60 Å². The third-order valence-electron chi connectivity index (χ3n) is 6.13. The number of aromatic nitrogens is 4. The number of hydrogen-bond acceptors (Lipinski definition) is 8. The van der Waals surface area contributed by atoms with Gasteiger partial charge in [-0.2, -0.15) is 5.26 Å². The van der Waals surface area contributed by atoms with Crippen molar-refractivity contribution in [3.05, 3.63) is 35.5 Å². The number of aliphatic hydroxyl groups is 1. The number of hydrogen-bond donors (Lipinski definition) is 1. The molecule has 0 unspecified atom stereocenters. The van der Waals surface area contributed by atoms with Crippen LogP contribution < -0.4 is 4.74 Å². The SMILES string of the molecule is Cc1cc(-c2cc3c(nnn3C)c(C#N)n2)ccc1OCCCN1CCN(CC(C)(C)O)CC1.Cl.Cl. The predicted molar refractivity (Wildman–Crippen MR) is 145 cm³/mol. The zero-order chi connectivity index (χ0) is 24.3. The van der Waals surface area contributed by atoms with Crippen molar-refractivity contribution in [1.29, 1.82) is 5.26 Å². The highest BCUT2D eigenvalue weighted by molar-refractivity contribution is 5.86. The number of halogens is 2. The zero-order valence-electron chi connectivity index (χ0n) is 21.3. The Balaban J connectivity index is 0.00000228. The second kappa shape index (κ2) is 12.7. The normalized spacial score (nSPS) is 14.7. The minimum absolute atomic E-state index is 0. The number of β-amino-alcohol motifs (C(OH)–C–C–N with tert-alkyl or cyclic N) is 1. The molecule has 0 spiro atoms. The summed E-state index contributed by atoms with van der Waals surface area (Å²) >= 11 is 0. The molecule has 36 heavy (non-hydrogen) atoms. The number of nitriles is 1. The van der Waals surface area contributed by atoms with Gasteiger partial charge < -0.3 is 14.7 Å². The Kier molecular flexibility index (Phi) is 10.5. The molecule has 0 amide bonds. The Morgan fingerprint density at radius 3 is 2.44 bits per heavy atom. The molecule has 0 atom stereocenters. The molecule has 9 nitrogen and oxygen atoms in total. The average molecular weight is 537 g/mol. The first-order valence-electron chi connectivity index (χ1n) is 11.7. The fourth-order valence-electron chi connectivity index (χ4n) is 4.42. The van der Waals surface area contributed by atoms with Crippen molar-refractivity contribution in [3.8, 4) is 23.1 Å². The number of piperazine rings is 1. The van der Waals surface area contributed by atoms with Gasteiger partial charge in [-0.05, 0) is 57.0 Å². The van der Waals surface area contributed by atoms with E-state index in [1.54, 1.807) is 11.7 Å². The van der Waals surface area contributed by atoms with Crippen LogP contribution in [0.15, 0.2) is 24.3 Å². The summed E-state index contributed by atoms with van der Waals surface area (Å²) in [5, 5.41) is 27.5. The van der Waals surface area contributed by atoms with E-state index in [1.165, 1.54) is 0 Å². The first-order valence-corrected chi connectivity index (χ1v) is 11.7. The maximum Gasteiger partial charge on any atom is 0.170 e. The predicted octanol–water partition coefficient (Wildman–Crippen LogP) is 3.21. The van der Waals surface area contributed by atoms with Crippen LogP contribution in [0.4, 0.5) is 0 Å². The largest absolute Gasteiger partial charge is 0.493 e. The number of nitrogens with zero attached hydrogens (tertiary/aromatic N) is 7. The molecule has 1 N–H and O–H groups in total. The van der Waals surface area contributed by atoms with Crippen molar-refractivity contribution in [2.75, 3.05) is 45.9 Å². The van der Waals surface area contributed by atoms with Crippen molar-refractivity contribution < 1.29 is 9.84 Å². The van der Waals surface area contributed by atoms with Crippen LogP contribution in [0.5, 0.6) is 5.75 Å². The van der Waals surface area contributed by atoms with Crippen LogP contribution in [0.2, 0.25) is 0 Å². The van der Waals surface area contributed by atoms with E-state index in [4.69, 9.17) is 4.74 Å². The molecule has 2 aromatic heterocycles. The van der Waals surface area contributed by atoms with Crippen molar-refractivity contribution in [3.63, 3.8) is 0 Å². The van der Waals surface area contributed by atoms with E-state index in [0.29, 0.717) is 17.8 Å². The Morgan fingerprint density at radius 1 is 1.11 bits per heavy atom. The van der Waals surface area contributed by atoms with Crippen LogP contribution in [0.1, 0.15) is 31.5 Å². The van der Waals surface area contributed by atoms with Gasteiger partial charge in [0.15, 0.2) is 5.69 Å². The minimum atomic E-state index is -0.639. The van der Waals surface area contributed by atoms with E-state index in [1.807, 2.05) is 45.0 Å². The first kappa shape index (κ1) is 29.7. The highest BCUT2D eigenvalue weighted by Gasteiger charge is 2.22. The van der Waals surface area contributed by atoms with Gasteiger partial charge in [0.25, 0.3) is 0 Å². The number of ether oxygens (including phenoxy) is 1. The van der Waals surface area contributed by atoms with Crippen molar-refractivity contribution in [1.82, 2.24) is 29.8 Å². The van der Waals surface area contributed by atoms with Gasteiger partial charge in [0.1, 0.15) is 17.3 Å². The lowest BCUT2D eigenvalue weighted by molar-refractivity contribution is 0.0173. The summed E-state index contributed by atoms with van der Waals surface area (Å²) in [6.07, 6.45) is 0.962. The monoisotopic (exact) mass is 535 g/mol. The maximum atomic E-state index is 10.00. The third-order valence-corrected chi connectivity index (χ3v) is 6.13. The van der Waals surface area contributed by atoms with Crippen molar-refractivity contribution in [2.24, 2.45) is 7.05 Å². The fourth-order valence-corrected chi connectivity index (χ4v) is 4.42. The Labute approximate surface area is 224 Å². The first-order chi connectivity index (χ1) is 16.2. The Bertz CT molecular complexity index is 1200. The van der Waals surface area contributed by atoms with Gasteiger partial charge in [-0.3, -0.25) is 4.90 Å². The quantitative estimate of drug-likeness (QED) is 0.438. The molecule has 0 radical (unpaired) electrons. The summed E-state index contributed by atoms with van der Waals surface area (Å²) in [6.45, 7) is 12.2. The average Bonchev–Trinajstić information content (AvgIpc) is 3.17. The van der Waals surface area contributed by atoms with Crippen LogP contribution in [0, 0.1) is 18.3 Å². The van der Waals surface area contributed by atoms with Gasteiger partial charge in [-0.15, -0.1) is 29.9 Å². The van der Waals surface area contributed by atoms with E-state index in [2.05, 4.69) is 31.2 Å². The second-order valence-corrected chi connectivity index (χ2v) is 9.66. The summed E-state index contributed by atoms with van der Waals surface area (Å²) in [5.74, 6) is 0.863. The van der Waals surface area contributed by atoms with E-state index in [-0.39, 0.29) is 30.5 Å². The summed E-state index contributed by atoms with van der Waals surface area (Å²) in [5.41, 5.74) is 3.60. The number of fused-ring (bicyclic) bond motifs is 1. The molecule has 4 rings (SSSR count). The van der Waals surface area contributed by atoms with E-state index >= 15 is 0 Å². The van der Waals surface area contributed by atoms with Crippen LogP contribution in [-0.2, 0) is 7.05 Å². The molecule has 0 aliphatic carbocycles. The Morgan fingerprint density at radius 2 is 1.81 bits per heavy atom.